The van der Waals surface area contributed by atoms with E-state index in [1.807, 2.05) is 11.0 Å². The van der Waals surface area contributed by atoms with Crippen LogP contribution in [0.4, 0.5) is 0 Å². The Morgan fingerprint density at radius 3 is 2.73 bits per heavy atom. The van der Waals surface area contributed by atoms with Crippen molar-refractivity contribution in [1.82, 2.24) is 4.90 Å². The number of hydrogen-bond acceptors (Lipinski definition) is 4. The molecule has 4 heteroatoms. The molecule has 0 aromatic carbocycles. The number of nitriles is 1. The van der Waals surface area contributed by atoms with Gasteiger partial charge in [0.15, 0.2) is 0 Å². The summed E-state index contributed by atoms with van der Waals surface area (Å²) in [6, 6.07) is 1.90. The summed E-state index contributed by atoms with van der Waals surface area (Å²) in [4.78, 5) is 1.94. The van der Waals surface area contributed by atoms with Crippen LogP contribution in [-0.4, -0.2) is 31.2 Å². The zero-order valence-electron chi connectivity index (χ0n) is 6.29. The normalized spacial score (nSPS) is 19.5. The second kappa shape index (κ2) is 3.84. The van der Waals surface area contributed by atoms with Crippen LogP contribution in [0, 0.1) is 11.3 Å². The van der Waals surface area contributed by atoms with Crippen molar-refractivity contribution in [2.24, 2.45) is 5.73 Å². The molecule has 0 spiro atoms. The lowest BCUT2D eigenvalue weighted by Gasteiger charge is -2.28. The molecule has 0 aromatic heterocycles. The summed E-state index contributed by atoms with van der Waals surface area (Å²) < 4.78 is 5.12. The summed E-state index contributed by atoms with van der Waals surface area (Å²) in [7, 11) is 0. The molecular formula is C7H11N3O. The third-order valence-electron chi connectivity index (χ3n) is 1.59. The van der Waals surface area contributed by atoms with Crippen LogP contribution in [0.2, 0.25) is 0 Å². The SMILES string of the molecule is N#C/C=C(/N)N1CCOCC1. The Morgan fingerprint density at radius 2 is 2.18 bits per heavy atom. The van der Waals surface area contributed by atoms with Crippen LogP contribution in [0.5, 0.6) is 0 Å². The first-order chi connectivity index (χ1) is 5.34. The van der Waals surface area contributed by atoms with E-state index in [4.69, 9.17) is 15.7 Å². The summed E-state index contributed by atoms with van der Waals surface area (Å²) in [6.07, 6.45) is 1.35. The molecule has 0 unspecified atom stereocenters. The molecule has 1 rings (SSSR count). The number of nitrogens with zero attached hydrogens (tertiary/aromatic N) is 2. The maximum Gasteiger partial charge on any atom is 0.109 e. The zero-order valence-corrected chi connectivity index (χ0v) is 6.29. The summed E-state index contributed by atoms with van der Waals surface area (Å²) in [5.41, 5.74) is 5.57. The Hall–Kier alpha value is -1.21. The Labute approximate surface area is 65.8 Å². The van der Waals surface area contributed by atoms with Gasteiger partial charge in [-0.25, -0.2) is 0 Å². The van der Waals surface area contributed by atoms with Gasteiger partial charge >= 0.3 is 0 Å². The molecule has 0 atom stereocenters. The van der Waals surface area contributed by atoms with E-state index < -0.39 is 0 Å². The van der Waals surface area contributed by atoms with Crippen LogP contribution in [0.3, 0.4) is 0 Å². The Balaban J connectivity index is 2.46. The van der Waals surface area contributed by atoms with Gasteiger partial charge in [-0.3, -0.25) is 0 Å². The minimum Gasteiger partial charge on any atom is -0.385 e. The Morgan fingerprint density at radius 1 is 1.55 bits per heavy atom. The van der Waals surface area contributed by atoms with Crippen molar-refractivity contribution in [2.45, 2.75) is 0 Å². The molecule has 2 N–H and O–H groups in total. The number of morpholine rings is 1. The van der Waals surface area contributed by atoms with Crippen molar-refractivity contribution in [2.75, 3.05) is 26.3 Å². The van der Waals surface area contributed by atoms with Crippen molar-refractivity contribution < 1.29 is 4.74 Å². The van der Waals surface area contributed by atoms with Crippen molar-refractivity contribution in [1.29, 1.82) is 5.26 Å². The standard InChI is InChI=1S/C7H11N3O/c8-2-1-7(9)10-3-5-11-6-4-10/h1H,3-6,9H2/b7-1-. The molecule has 0 radical (unpaired) electrons. The molecule has 1 aliphatic heterocycles. The van der Waals surface area contributed by atoms with Crippen LogP contribution in [0.1, 0.15) is 0 Å². The number of nitrogens with two attached hydrogens (primary N) is 1. The predicted molar refractivity (Wildman–Crippen MR) is 40.3 cm³/mol. The monoisotopic (exact) mass is 153 g/mol. The minimum absolute atomic E-state index is 0.538. The van der Waals surface area contributed by atoms with E-state index in [-0.39, 0.29) is 0 Å². The highest BCUT2D eigenvalue weighted by molar-refractivity contribution is 5.09. The van der Waals surface area contributed by atoms with E-state index in [2.05, 4.69) is 0 Å². The van der Waals surface area contributed by atoms with Gasteiger partial charge in [0.2, 0.25) is 0 Å². The maximum absolute atomic E-state index is 8.30. The summed E-state index contributed by atoms with van der Waals surface area (Å²) >= 11 is 0. The number of allylic oxidation sites excluding steroid dienone is 1. The second-order valence-corrected chi connectivity index (χ2v) is 2.30. The van der Waals surface area contributed by atoms with Crippen molar-refractivity contribution in [3.05, 3.63) is 11.9 Å². The van der Waals surface area contributed by atoms with Gasteiger partial charge in [-0.1, -0.05) is 0 Å². The van der Waals surface area contributed by atoms with E-state index in [9.17, 15) is 0 Å². The molecule has 0 amide bonds. The van der Waals surface area contributed by atoms with Gasteiger partial charge in [0.25, 0.3) is 0 Å². The number of rotatable bonds is 1. The zero-order chi connectivity index (χ0) is 8.10. The molecule has 1 heterocycles. The fourth-order valence-electron chi connectivity index (χ4n) is 0.979. The lowest BCUT2D eigenvalue weighted by Crippen LogP contribution is -2.38. The van der Waals surface area contributed by atoms with Gasteiger partial charge in [-0.2, -0.15) is 5.26 Å². The fourth-order valence-corrected chi connectivity index (χ4v) is 0.979. The molecule has 1 aliphatic rings. The lowest BCUT2D eigenvalue weighted by molar-refractivity contribution is 0.0530. The second-order valence-electron chi connectivity index (χ2n) is 2.30. The minimum atomic E-state index is 0.538. The maximum atomic E-state index is 8.30. The molecule has 1 fully saturated rings. The molecule has 0 aliphatic carbocycles. The molecular weight excluding hydrogens is 142 g/mol. The van der Waals surface area contributed by atoms with E-state index in [0.717, 1.165) is 13.1 Å². The molecule has 60 valence electrons. The molecule has 0 saturated carbocycles. The van der Waals surface area contributed by atoms with Crippen LogP contribution in [0.15, 0.2) is 11.9 Å². The lowest BCUT2D eigenvalue weighted by atomic mass is 10.4. The van der Waals surface area contributed by atoms with Gasteiger partial charge in [0.1, 0.15) is 5.82 Å². The molecule has 0 aromatic rings. The smallest absolute Gasteiger partial charge is 0.109 e. The number of ether oxygens (including phenoxy) is 1. The third-order valence-corrected chi connectivity index (χ3v) is 1.59. The van der Waals surface area contributed by atoms with Gasteiger partial charge in [-0.15, -0.1) is 0 Å². The van der Waals surface area contributed by atoms with Gasteiger partial charge in [0, 0.05) is 13.1 Å². The molecule has 1 saturated heterocycles. The molecule has 4 nitrogen and oxygen atoms in total. The topological polar surface area (TPSA) is 62.3 Å². The summed E-state index contributed by atoms with van der Waals surface area (Å²) in [5.74, 6) is 0.538. The van der Waals surface area contributed by atoms with Gasteiger partial charge in [-0.05, 0) is 0 Å². The van der Waals surface area contributed by atoms with Crippen LogP contribution in [-0.2, 0) is 4.74 Å². The first-order valence-corrected chi connectivity index (χ1v) is 3.52. The first-order valence-electron chi connectivity index (χ1n) is 3.52. The fraction of sp³-hybridized carbons (Fsp3) is 0.571. The van der Waals surface area contributed by atoms with Crippen LogP contribution >= 0.6 is 0 Å². The van der Waals surface area contributed by atoms with Gasteiger partial charge < -0.3 is 15.4 Å². The average molecular weight is 153 g/mol. The van der Waals surface area contributed by atoms with E-state index >= 15 is 0 Å². The largest absolute Gasteiger partial charge is 0.385 e. The molecule has 0 bridgehead atoms. The van der Waals surface area contributed by atoms with Crippen LogP contribution < -0.4 is 5.73 Å². The Kier molecular flexibility index (Phi) is 2.75. The predicted octanol–water partition coefficient (Wildman–Crippen LogP) is -0.358. The van der Waals surface area contributed by atoms with E-state index in [1.165, 1.54) is 6.08 Å². The summed E-state index contributed by atoms with van der Waals surface area (Å²) in [5, 5.41) is 8.30. The van der Waals surface area contributed by atoms with Gasteiger partial charge in [0.05, 0.1) is 25.4 Å². The Bertz CT molecular complexity index is 188. The van der Waals surface area contributed by atoms with Crippen molar-refractivity contribution >= 4 is 0 Å². The van der Waals surface area contributed by atoms with Crippen molar-refractivity contribution in [3.63, 3.8) is 0 Å². The quantitative estimate of drug-likeness (QED) is 0.523. The van der Waals surface area contributed by atoms with E-state index in [0.29, 0.717) is 19.0 Å². The van der Waals surface area contributed by atoms with Crippen molar-refractivity contribution in [3.8, 4) is 6.07 Å². The third kappa shape index (κ3) is 2.13. The van der Waals surface area contributed by atoms with E-state index in [1.54, 1.807) is 0 Å². The molecule has 11 heavy (non-hydrogen) atoms. The number of hydrogen-bond donors (Lipinski definition) is 1. The highest BCUT2D eigenvalue weighted by Gasteiger charge is 2.09. The van der Waals surface area contributed by atoms with Crippen LogP contribution in [0.25, 0.3) is 0 Å². The highest BCUT2D eigenvalue weighted by Crippen LogP contribution is 2.01. The summed E-state index contributed by atoms with van der Waals surface area (Å²) in [6.45, 7) is 2.95. The highest BCUT2D eigenvalue weighted by atomic mass is 16.5. The first kappa shape index (κ1) is 7.89. The average Bonchev–Trinajstić information content (AvgIpc) is 2.07.